The second-order valence-corrected chi connectivity index (χ2v) is 6.08. The molecule has 0 spiro atoms. The fourth-order valence-corrected chi connectivity index (χ4v) is 3.12. The van der Waals surface area contributed by atoms with Crippen LogP contribution in [0.3, 0.4) is 0 Å². The van der Waals surface area contributed by atoms with Crippen LogP contribution in [0.25, 0.3) is 0 Å². The van der Waals surface area contributed by atoms with Gasteiger partial charge in [-0.05, 0) is 42.8 Å². The van der Waals surface area contributed by atoms with Crippen molar-refractivity contribution in [2.75, 3.05) is 0 Å². The molecule has 1 aliphatic carbocycles. The van der Waals surface area contributed by atoms with Gasteiger partial charge in [-0.15, -0.1) is 0 Å². The van der Waals surface area contributed by atoms with E-state index in [0.29, 0.717) is 11.5 Å². The third-order valence-electron chi connectivity index (χ3n) is 3.49. The lowest BCUT2D eigenvalue weighted by Crippen LogP contribution is -2.46. The molecule has 5 heteroatoms. The SMILES string of the molecule is O=C1CCCC2=C1[C@H](c1ccc(Br)cc1)NC(=S)N2. The van der Waals surface area contributed by atoms with E-state index < -0.39 is 0 Å². The summed E-state index contributed by atoms with van der Waals surface area (Å²) in [6.07, 6.45) is 2.43. The fourth-order valence-electron chi connectivity index (χ4n) is 2.61. The molecule has 1 heterocycles. The highest BCUT2D eigenvalue weighted by molar-refractivity contribution is 9.10. The average molecular weight is 337 g/mol. The first-order valence-electron chi connectivity index (χ1n) is 6.24. The van der Waals surface area contributed by atoms with Crippen LogP contribution in [0.2, 0.25) is 0 Å². The minimum Gasteiger partial charge on any atom is -0.351 e. The van der Waals surface area contributed by atoms with Gasteiger partial charge in [0.2, 0.25) is 0 Å². The maximum absolute atomic E-state index is 12.2. The number of thiocarbonyl (C=S) groups is 1. The van der Waals surface area contributed by atoms with Gasteiger partial charge in [0, 0.05) is 22.2 Å². The lowest BCUT2D eigenvalue weighted by atomic mass is 9.85. The van der Waals surface area contributed by atoms with Gasteiger partial charge in [-0.1, -0.05) is 28.1 Å². The van der Waals surface area contributed by atoms with Gasteiger partial charge in [-0.2, -0.15) is 0 Å². The van der Waals surface area contributed by atoms with Gasteiger partial charge in [-0.25, -0.2) is 0 Å². The highest BCUT2D eigenvalue weighted by atomic mass is 79.9. The number of carbonyl (C=O) groups is 1. The van der Waals surface area contributed by atoms with E-state index in [9.17, 15) is 4.79 Å². The summed E-state index contributed by atoms with van der Waals surface area (Å²) in [5, 5.41) is 6.94. The molecule has 0 amide bonds. The lowest BCUT2D eigenvalue weighted by molar-refractivity contribution is -0.116. The number of nitrogens with one attached hydrogen (secondary N) is 2. The van der Waals surface area contributed by atoms with E-state index in [2.05, 4.69) is 26.6 Å². The summed E-state index contributed by atoms with van der Waals surface area (Å²) < 4.78 is 1.02. The molecule has 1 aromatic rings. The average Bonchev–Trinajstić information content (AvgIpc) is 2.38. The first-order chi connectivity index (χ1) is 9.15. The molecule has 1 aromatic carbocycles. The van der Waals surface area contributed by atoms with Gasteiger partial charge in [0.25, 0.3) is 0 Å². The van der Waals surface area contributed by atoms with Crippen LogP contribution >= 0.6 is 28.1 Å². The number of carbonyl (C=O) groups excluding carboxylic acids is 1. The fraction of sp³-hybridized carbons (Fsp3) is 0.286. The van der Waals surface area contributed by atoms with Crippen LogP contribution in [0.5, 0.6) is 0 Å². The van der Waals surface area contributed by atoms with Gasteiger partial charge in [0.05, 0.1) is 6.04 Å². The molecule has 0 saturated carbocycles. The Morgan fingerprint density at radius 1 is 1.21 bits per heavy atom. The van der Waals surface area contributed by atoms with Crippen LogP contribution < -0.4 is 10.6 Å². The van der Waals surface area contributed by atoms with Crippen molar-refractivity contribution >= 4 is 39.0 Å². The quantitative estimate of drug-likeness (QED) is 0.773. The molecule has 3 nitrogen and oxygen atoms in total. The highest BCUT2D eigenvalue weighted by Crippen LogP contribution is 2.33. The molecule has 2 N–H and O–H groups in total. The third kappa shape index (κ3) is 2.44. The summed E-state index contributed by atoms with van der Waals surface area (Å²) in [5.41, 5.74) is 2.91. The van der Waals surface area contributed by atoms with E-state index in [1.165, 1.54) is 0 Å². The van der Waals surface area contributed by atoms with Crippen LogP contribution in [0.4, 0.5) is 0 Å². The zero-order chi connectivity index (χ0) is 13.4. The summed E-state index contributed by atoms with van der Waals surface area (Å²) in [6, 6.07) is 7.87. The zero-order valence-electron chi connectivity index (χ0n) is 10.2. The molecule has 19 heavy (non-hydrogen) atoms. The number of rotatable bonds is 1. The van der Waals surface area contributed by atoms with Crippen LogP contribution in [0.15, 0.2) is 40.0 Å². The highest BCUT2D eigenvalue weighted by Gasteiger charge is 2.32. The van der Waals surface area contributed by atoms with E-state index in [1.807, 2.05) is 24.3 Å². The number of hydrogen-bond acceptors (Lipinski definition) is 2. The van der Waals surface area contributed by atoms with Gasteiger partial charge < -0.3 is 10.6 Å². The minimum atomic E-state index is -0.121. The number of benzene rings is 1. The van der Waals surface area contributed by atoms with Crippen molar-refractivity contribution in [1.29, 1.82) is 0 Å². The topological polar surface area (TPSA) is 41.1 Å². The molecule has 0 fully saturated rings. The van der Waals surface area contributed by atoms with Crippen molar-refractivity contribution in [2.45, 2.75) is 25.3 Å². The second-order valence-electron chi connectivity index (χ2n) is 4.75. The first-order valence-corrected chi connectivity index (χ1v) is 7.44. The molecule has 1 atom stereocenters. The number of Topliss-reactive ketones (excluding diaryl/α,β-unsaturated/α-hetero) is 1. The minimum absolute atomic E-state index is 0.121. The standard InChI is InChI=1S/C14H13BrN2OS/c15-9-6-4-8(5-7-9)13-12-10(16-14(19)17-13)2-1-3-11(12)18/h4-7,13H,1-3H2,(H2,16,17,19)/t13-/m0/s1. The van der Waals surface area contributed by atoms with Gasteiger partial charge in [-0.3, -0.25) is 4.79 Å². The van der Waals surface area contributed by atoms with Crippen molar-refractivity contribution in [3.8, 4) is 0 Å². The molecule has 3 rings (SSSR count). The second kappa shape index (κ2) is 5.06. The van der Waals surface area contributed by atoms with Crippen LogP contribution in [-0.2, 0) is 4.79 Å². The molecule has 0 bridgehead atoms. The van der Waals surface area contributed by atoms with E-state index in [-0.39, 0.29) is 11.8 Å². The third-order valence-corrected chi connectivity index (χ3v) is 4.24. The van der Waals surface area contributed by atoms with E-state index >= 15 is 0 Å². The summed E-state index contributed by atoms with van der Waals surface area (Å²) >= 11 is 8.66. The van der Waals surface area contributed by atoms with E-state index in [4.69, 9.17) is 12.2 Å². The Morgan fingerprint density at radius 2 is 1.95 bits per heavy atom. The van der Waals surface area contributed by atoms with Crippen molar-refractivity contribution in [2.24, 2.45) is 0 Å². The first kappa shape index (κ1) is 12.8. The monoisotopic (exact) mass is 336 g/mol. The molecular weight excluding hydrogens is 324 g/mol. The van der Waals surface area contributed by atoms with Gasteiger partial charge in [0.1, 0.15) is 0 Å². The molecular formula is C14H13BrN2OS. The molecule has 0 unspecified atom stereocenters. The Morgan fingerprint density at radius 3 is 2.68 bits per heavy atom. The summed E-state index contributed by atoms with van der Waals surface area (Å²) in [6.45, 7) is 0. The van der Waals surface area contributed by atoms with Crippen LogP contribution in [0.1, 0.15) is 30.9 Å². The maximum atomic E-state index is 12.2. The zero-order valence-corrected chi connectivity index (χ0v) is 12.6. The number of allylic oxidation sites excluding steroid dienone is 1. The number of hydrogen-bond donors (Lipinski definition) is 2. The van der Waals surface area contributed by atoms with Gasteiger partial charge in [0.15, 0.2) is 10.9 Å². The van der Waals surface area contributed by atoms with Crippen molar-refractivity contribution < 1.29 is 4.79 Å². The molecule has 0 aromatic heterocycles. The Labute approximate surface area is 125 Å². The molecule has 1 aliphatic heterocycles. The molecule has 0 saturated heterocycles. The van der Waals surface area contributed by atoms with E-state index in [1.54, 1.807) is 0 Å². The van der Waals surface area contributed by atoms with Crippen LogP contribution in [0, 0.1) is 0 Å². The maximum Gasteiger partial charge on any atom is 0.171 e. The normalized spacial score (nSPS) is 22.7. The Bertz CT molecular complexity index is 580. The largest absolute Gasteiger partial charge is 0.351 e. The smallest absolute Gasteiger partial charge is 0.171 e. The Kier molecular flexibility index (Phi) is 3.41. The molecule has 0 radical (unpaired) electrons. The summed E-state index contributed by atoms with van der Waals surface area (Å²) in [7, 11) is 0. The van der Waals surface area contributed by atoms with Crippen molar-refractivity contribution in [1.82, 2.24) is 10.6 Å². The Hall–Kier alpha value is -1.20. The number of halogens is 1. The van der Waals surface area contributed by atoms with Gasteiger partial charge >= 0.3 is 0 Å². The predicted octanol–water partition coefficient (Wildman–Crippen LogP) is 2.98. The predicted molar refractivity (Wildman–Crippen MR) is 81.6 cm³/mol. The lowest BCUT2D eigenvalue weighted by Gasteiger charge is -2.33. The summed E-state index contributed by atoms with van der Waals surface area (Å²) in [5.74, 6) is 0.219. The van der Waals surface area contributed by atoms with Crippen molar-refractivity contribution in [3.05, 3.63) is 45.6 Å². The van der Waals surface area contributed by atoms with Crippen molar-refractivity contribution in [3.63, 3.8) is 0 Å². The Balaban J connectivity index is 2.05. The van der Waals surface area contributed by atoms with Crippen LogP contribution in [-0.4, -0.2) is 10.9 Å². The number of ketones is 1. The summed E-state index contributed by atoms with van der Waals surface area (Å²) in [4.78, 5) is 12.2. The molecule has 98 valence electrons. The van der Waals surface area contributed by atoms with E-state index in [0.717, 1.165) is 34.1 Å². The molecule has 2 aliphatic rings.